The fraction of sp³-hybridized carbons (Fsp3) is 0.231. The summed E-state index contributed by atoms with van der Waals surface area (Å²) >= 11 is 0. The Labute approximate surface area is 110 Å². The van der Waals surface area contributed by atoms with Gasteiger partial charge in [0, 0.05) is 13.1 Å². The van der Waals surface area contributed by atoms with Crippen LogP contribution in [0.25, 0.3) is 11.0 Å². The van der Waals surface area contributed by atoms with E-state index in [1.165, 1.54) is 0 Å². The van der Waals surface area contributed by atoms with E-state index in [1.54, 1.807) is 25.0 Å². The van der Waals surface area contributed by atoms with Gasteiger partial charge in [0.1, 0.15) is 17.7 Å². The molecule has 0 saturated heterocycles. The zero-order valence-electron chi connectivity index (χ0n) is 10.8. The fourth-order valence-corrected chi connectivity index (χ4v) is 1.98. The largest absolute Gasteiger partial charge is 0.337 e. The minimum atomic E-state index is 0.764. The smallest absolute Gasteiger partial charge is 0.132 e. The summed E-state index contributed by atoms with van der Waals surface area (Å²) in [5, 5.41) is 3.26. The van der Waals surface area contributed by atoms with Gasteiger partial charge < -0.3 is 9.88 Å². The molecule has 0 unspecified atom stereocenters. The van der Waals surface area contributed by atoms with Crippen LogP contribution in [0, 0.1) is 0 Å². The van der Waals surface area contributed by atoms with Crippen LogP contribution in [0.2, 0.25) is 0 Å². The third kappa shape index (κ3) is 2.12. The zero-order valence-corrected chi connectivity index (χ0v) is 10.8. The number of imidazole rings is 1. The van der Waals surface area contributed by atoms with E-state index in [-0.39, 0.29) is 0 Å². The second-order valence-corrected chi connectivity index (χ2v) is 4.28. The number of nitrogens with zero attached hydrogens (tertiary/aromatic N) is 5. The standard InChI is InChI=1S/C13H14N6/c1-3-9-10(5-14-7-16-9)18-13-4-12-11(6-15-13)17-8-19(12)2/h4-8H,3H2,1-2H3,(H,15,18). The van der Waals surface area contributed by atoms with Gasteiger partial charge in [0.05, 0.1) is 35.6 Å². The second-order valence-electron chi connectivity index (χ2n) is 4.28. The molecule has 6 nitrogen and oxygen atoms in total. The third-order valence-electron chi connectivity index (χ3n) is 3.00. The van der Waals surface area contributed by atoms with Crippen molar-refractivity contribution in [1.29, 1.82) is 0 Å². The Balaban J connectivity index is 1.98. The Bertz CT molecular complexity index is 718. The van der Waals surface area contributed by atoms with Gasteiger partial charge in [-0.15, -0.1) is 0 Å². The first kappa shape index (κ1) is 11.6. The molecule has 0 amide bonds. The van der Waals surface area contributed by atoms with Crippen molar-refractivity contribution in [3.8, 4) is 0 Å². The summed E-state index contributed by atoms with van der Waals surface area (Å²) in [4.78, 5) is 16.9. The van der Waals surface area contributed by atoms with Crippen LogP contribution >= 0.6 is 0 Å². The Morgan fingerprint density at radius 2 is 2.11 bits per heavy atom. The summed E-state index contributed by atoms with van der Waals surface area (Å²) in [7, 11) is 1.96. The van der Waals surface area contributed by atoms with Crippen molar-refractivity contribution in [2.24, 2.45) is 7.05 Å². The van der Waals surface area contributed by atoms with E-state index in [2.05, 4.69) is 32.2 Å². The van der Waals surface area contributed by atoms with Crippen LogP contribution in [0.5, 0.6) is 0 Å². The predicted octanol–water partition coefficient (Wildman–Crippen LogP) is 2.06. The number of hydrogen-bond donors (Lipinski definition) is 1. The molecule has 3 rings (SSSR count). The number of hydrogen-bond acceptors (Lipinski definition) is 5. The number of pyridine rings is 1. The molecule has 0 atom stereocenters. The first-order valence-electron chi connectivity index (χ1n) is 6.11. The Kier molecular flexibility index (Phi) is 2.83. The summed E-state index contributed by atoms with van der Waals surface area (Å²) in [5.41, 5.74) is 3.78. The molecule has 0 bridgehead atoms. The Hall–Kier alpha value is -2.50. The minimum absolute atomic E-state index is 0.764. The topological polar surface area (TPSA) is 68.5 Å². The molecule has 3 heterocycles. The van der Waals surface area contributed by atoms with E-state index in [4.69, 9.17) is 0 Å². The summed E-state index contributed by atoms with van der Waals surface area (Å²) in [5.74, 6) is 0.764. The molecule has 19 heavy (non-hydrogen) atoms. The lowest BCUT2D eigenvalue weighted by Gasteiger charge is -2.08. The van der Waals surface area contributed by atoms with Crippen LogP contribution in [0.15, 0.2) is 31.1 Å². The molecule has 0 aliphatic rings. The summed E-state index contributed by atoms with van der Waals surface area (Å²) in [6.45, 7) is 2.06. The molecule has 6 heteroatoms. The maximum absolute atomic E-state index is 4.35. The zero-order chi connectivity index (χ0) is 13.2. The first-order valence-corrected chi connectivity index (χ1v) is 6.11. The Morgan fingerprint density at radius 1 is 1.21 bits per heavy atom. The number of rotatable bonds is 3. The van der Waals surface area contributed by atoms with E-state index in [0.29, 0.717) is 0 Å². The maximum Gasteiger partial charge on any atom is 0.132 e. The first-order chi connectivity index (χ1) is 9.28. The van der Waals surface area contributed by atoms with Crippen molar-refractivity contribution in [2.45, 2.75) is 13.3 Å². The number of aryl methyl sites for hydroxylation is 2. The highest BCUT2D eigenvalue weighted by Gasteiger charge is 2.06. The van der Waals surface area contributed by atoms with Crippen molar-refractivity contribution in [3.05, 3.63) is 36.8 Å². The Morgan fingerprint density at radius 3 is 2.95 bits per heavy atom. The number of fused-ring (bicyclic) bond motifs is 1. The van der Waals surface area contributed by atoms with Crippen molar-refractivity contribution in [3.63, 3.8) is 0 Å². The van der Waals surface area contributed by atoms with Crippen molar-refractivity contribution >= 4 is 22.5 Å². The SMILES string of the molecule is CCc1ncncc1Nc1cc2c(cn1)ncn2C. The second kappa shape index (κ2) is 4.64. The molecule has 0 fully saturated rings. The van der Waals surface area contributed by atoms with Crippen LogP contribution in [0.1, 0.15) is 12.6 Å². The van der Waals surface area contributed by atoms with Gasteiger partial charge in [-0.25, -0.2) is 19.9 Å². The van der Waals surface area contributed by atoms with Crippen molar-refractivity contribution in [1.82, 2.24) is 24.5 Å². The van der Waals surface area contributed by atoms with E-state index in [0.717, 1.165) is 34.7 Å². The highest BCUT2D eigenvalue weighted by atomic mass is 15.1. The molecule has 0 spiro atoms. The molecular formula is C13H14N6. The van der Waals surface area contributed by atoms with E-state index in [1.807, 2.05) is 17.7 Å². The molecular weight excluding hydrogens is 240 g/mol. The van der Waals surface area contributed by atoms with Gasteiger partial charge in [-0.2, -0.15) is 0 Å². The van der Waals surface area contributed by atoms with Crippen LogP contribution < -0.4 is 5.32 Å². The van der Waals surface area contributed by atoms with Gasteiger partial charge in [0.2, 0.25) is 0 Å². The van der Waals surface area contributed by atoms with Gasteiger partial charge >= 0.3 is 0 Å². The lowest BCUT2D eigenvalue weighted by Crippen LogP contribution is -2.00. The average Bonchev–Trinajstić information content (AvgIpc) is 2.81. The van der Waals surface area contributed by atoms with Crippen LogP contribution in [-0.4, -0.2) is 24.5 Å². The van der Waals surface area contributed by atoms with E-state index in [9.17, 15) is 0 Å². The quantitative estimate of drug-likeness (QED) is 0.774. The highest BCUT2D eigenvalue weighted by molar-refractivity contribution is 5.78. The average molecular weight is 254 g/mol. The molecule has 0 aliphatic heterocycles. The van der Waals surface area contributed by atoms with Gasteiger partial charge in [-0.05, 0) is 6.42 Å². The minimum Gasteiger partial charge on any atom is -0.337 e. The fourth-order valence-electron chi connectivity index (χ4n) is 1.98. The molecule has 0 aromatic carbocycles. The summed E-state index contributed by atoms with van der Waals surface area (Å²) in [6.07, 6.45) is 7.70. The summed E-state index contributed by atoms with van der Waals surface area (Å²) < 4.78 is 1.96. The molecule has 96 valence electrons. The van der Waals surface area contributed by atoms with Gasteiger partial charge in [0.15, 0.2) is 0 Å². The van der Waals surface area contributed by atoms with Crippen LogP contribution in [-0.2, 0) is 13.5 Å². The predicted molar refractivity (Wildman–Crippen MR) is 73.2 cm³/mol. The third-order valence-corrected chi connectivity index (χ3v) is 3.00. The van der Waals surface area contributed by atoms with Crippen LogP contribution in [0.3, 0.4) is 0 Å². The highest BCUT2D eigenvalue weighted by Crippen LogP contribution is 2.20. The van der Waals surface area contributed by atoms with Crippen molar-refractivity contribution < 1.29 is 0 Å². The van der Waals surface area contributed by atoms with Gasteiger partial charge in [0.25, 0.3) is 0 Å². The molecule has 1 N–H and O–H groups in total. The summed E-state index contributed by atoms with van der Waals surface area (Å²) in [6, 6.07) is 1.97. The molecule has 0 aliphatic carbocycles. The number of nitrogens with one attached hydrogen (secondary N) is 1. The molecule has 0 saturated carbocycles. The van der Waals surface area contributed by atoms with Crippen molar-refractivity contribution in [2.75, 3.05) is 5.32 Å². The van der Waals surface area contributed by atoms with E-state index < -0.39 is 0 Å². The number of aromatic nitrogens is 5. The molecule has 0 radical (unpaired) electrons. The van der Waals surface area contributed by atoms with Gasteiger partial charge in [-0.1, -0.05) is 6.92 Å². The normalized spacial score (nSPS) is 10.8. The maximum atomic E-state index is 4.35. The molecule has 3 aromatic rings. The molecule has 3 aromatic heterocycles. The van der Waals surface area contributed by atoms with Crippen LogP contribution in [0.4, 0.5) is 11.5 Å². The van der Waals surface area contributed by atoms with Gasteiger partial charge in [-0.3, -0.25) is 0 Å². The number of anilines is 2. The lowest BCUT2D eigenvalue weighted by molar-refractivity contribution is 0.947. The van der Waals surface area contributed by atoms with E-state index >= 15 is 0 Å². The monoisotopic (exact) mass is 254 g/mol. The lowest BCUT2D eigenvalue weighted by atomic mass is 10.3.